The van der Waals surface area contributed by atoms with Gasteiger partial charge in [-0.05, 0) is 79.3 Å². The third-order valence-electron chi connectivity index (χ3n) is 5.59. The fourth-order valence-electron chi connectivity index (χ4n) is 3.35. The van der Waals surface area contributed by atoms with Crippen molar-refractivity contribution in [1.29, 1.82) is 0 Å². The zero-order valence-corrected chi connectivity index (χ0v) is 22.4. The van der Waals surface area contributed by atoms with Gasteiger partial charge in [-0.1, -0.05) is 12.1 Å². The maximum atomic E-state index is 12.4. The zero-order valence-electron chi connectivity index (χ0n) is 20.0. The second-order valence-electron chi connectivity index (χ2n) is 8.80. The summed E-state index contributed by atoms with van der Waals surface area (Å²) in [6.07, 6.45) is 3.05. The molecule has 0 amide bonds. The molecule has 1 heterocycles. The Hall–Kier alpha value is -2.89. The first kappa shape index (κ1) is 25.2. The lowest BCUT2D eigenvalue weighted by atomic mass is 10.2. The molecular formula is C24H30BrN7O2S. The van der Waals surface area contributed by atoms with E-state index in [1.165, 1.54) is 0 Å². The number of nitrogens with one attached hydrogen (secondary N) is 3. The van der Waals surface area contributed by atoms with Crippen LogP contribution in [0.2, 0.25) is 0 Å². The lowest BCUT2D eigenvalue weighted by Gasteiger charge is -2.21. The van der Waals surface area contributed by atoms with Crippen LogP contribution in [0.4, 0.5) is 34.5 Å². The molecule has 1 fully saturated rings. The summed E-state index contributed by atoms with van der Waals surface area (Å²) in [4.78, 5) is 13.3. The molecule has 11 heteroatoms. The van der Waals surface area contributed by atoms with Crippen molar-refractivity contribution in [3.63, 3.8) is 0 Å². The van der Waals surface area contributed by atoms with Gasteiger partial charge in [0.2, 0.25) is 16.0 Å². The van der Waals surface area contributed by atoms with Gasteiger partial charge in [-0.25, -0.2) is 13.4 Å². The maximum Gasteiger partial charge on any atom is 0.235 e. The van der Waals surface area contributed by atoms with Gasteiger partial charge in [-0.15, -0.1) is 0 Å². The molecule has 1 saturated carbocycles. The van der Waals surface area contributed by atoms with E-state index in [0.29, 0.717) is 40.5 Å². The fourth-order valence-corrected chi connectivity index (χ4v) is 5.04. The number of rotatable bonds is 11. The summed E-state index contributed by atoms with van der Waals surface area (Å²) >= 11 is 3.48. The first-order valence-corrected chi connectivity index (χ1v) is 13.7. The molecule has 9 nitrogen and oxygen atoms in total. The number of sulfonamides is 1. The van der Waals surface area contributed by atoms with Crippen LogP contribution in [-0.4, -0.2) is 62.8 Å². The number of hydrogen-bond donors (Lipinski definition) is 3. The molecule has 1 aromatic heterocycles. The highest BCUT2D eigenvalue weighted by molar-refractivity contribution is 9.10. The number of aromatic nitrogens is 2. The Labute approximate surface area is 215 Å². The molecule has 0 atom stereocenters. The van der Waals surface area contributed by atoms with E-state index in [0.717, 1.165) is 24.5 Å². The van der Waals surface area contributed by atoms with Crippen LogP contribution in [0, 0.1) is 0 Å². The summed E-state index contributed by atoms with van der Waals surface area (Å²) in [5, 5.41) is 6.14. The molecule has 2 aromatic carbocycles. The topological polar surface area (TPSA) is 102 Å². The third-order valence-corrected chi connectivity index (χ3v) is 8.02. The van der Waals surface area contributed by atoms with Gasteiger partial charge < -0.3 is 20.4 Å². The van der Waals surface area contributed by atoms with Crippen molar-refractivity contribution in [1.82, 2.24) is 14.9 Å². The van der Waals surface area contributed by atoms with E-state index in [4.69, 9.17) is 0 Å². The Morgan fingerprint density at radius 3 is 2.31 bits per heavy atom. The van der Waals surface area contributed by atoms with Gasteiger partial charge in [0.25, 0.3) is 0 Å². The smallest absolute Gasteiger partial charge is 0.235 e. The molecule has 0 radical (unpaired) electrons. The molecule has 1 aliphatic carbocycles. The van der Waals surface area contributed by atoms with Crippen LogP contribution in [0.5, 0.6) is 0 Å². The van der Waals surface area contributed by atoms with E-state index < -0.39 is 10.0 Å². The molecule has 186 valence electrons. The average Bonchev–Trinajstić information content (AvgIpc) is 3.68. The van der Waals surface area contributed by atoms with Gasteiger partial charge >= 0.3 is 0 Å². The molecule has 3 N–H and O–H groups in total. The number of nitrogens with zero attached hydrogens (tertiary/aromatic N) is 4. The summed E-state index contributed by atoms with van der Waals surface area (Å²) in [6.45, 7) is 1.91. The van der Waals surface area contributed by atoms with Gasteiger partial charge in [-0.3, -0.25) is 4.72 Å². The molecule has 0 spiro atoms. The molecule has 35 heavy (non-hydrogen) atoms. The largest absolute Gasteiger partial charge is 0.373 e. The average molecular weight is 561 g/mol. The highest BCUT2D eigenvalue weighted by atomic mass is 79.9. The minimum Gasteiger partial charge on any atom is -0.373 e. The summed E-state index contributed by atoms with van der Waals surface area (Å²) < 4.78 is 28.2. The molecule has 1 aliphatic rings. The summed E-state index contributed by atoms with van der Waals surface area (Å²) in [6, 6.07) is 15.2. The van der Waals surface area contributed by atoms with Crippen molar-refractivity contribution in [2.24, 2.45) is 0 Å². The highest BCUT2D eigenvalue weighted by Gasteiger charge is 2.36. The number of anilines is 6. The van der Waals surface area contributed by atoms with Crippen LogP contribution in [0.25, 0.3) is 0 Å². The Bertz CT molecular complexity index is 1270. The fraction of sp³-hybridized carbons (Fsp3) is 0.333. The first-order valence-electron chi connectivity index (χ1n) is 11.3. The Kier molecular flexibility index (Phi) is 7.78. The van der Waals surface area contributed by atoms with Crippen LogP contribution < -0.4 is 20.3 Å². The predicted octanol–water partition coefficient (Wildman–Crippen LogP) is 4.63. The van der Waals surface area contributed by atoms with Crippen molar-refractivity contribution < 1.29 is 8.42 Å². The maximum absolute atomic E-state index is 12.4. The number of benzene rings is 2. The summed E-state index contributed by atoms with van der Waals surface area (Å²) in [5.41, 5.74) is 3.07. The zero-order chi connectivity index (χ0) is 25.0. The second-order valence-corrected chi connectivity index (χ2v) is 11.6. The van der Waals surface area contributed by atoms with Crippen LogP contribution in [0.1, 0.15) is 12.8 Å². The van der Waals surface area contributed by atoms with Crippen LogP contribution in [0.3, 0.4) is 0 Å². The van der Waals surface area contributed by atoms with E-state index in [9.17, 15) is 8.42 Å². The highest BCUT2D eigenvalue weighted by Crippen LogP contribution is 2.34. The summed E-state index contributed by atoms with van der Waals surface area (Å²) in [7, 11) is 2.82. The second kappa shape index (κ2) is 10.8. The molecule has 4 rings (SSSR count). The van der Waals surface area contributed by atoms with Crippen LogP contribution in [-0.2, 0) is 10.0 Å². The Morgan fingerprint density at radius 2 is 1.66 bits per heavy atom. The molecule has 3 aromatic rings. The lowest BCUT2D eigenvalue weighted by Crippen LogP contribution is -2.28. The van der Waals surface area contributed by atoms with E-state index in [2.05, 4.69) is 84.3 Å². The SMILES string of the molecule is CN(C)CCN(C)c1ccc(Nc2ncc(Br)c(Nc3ccccc3NS(=O)(=O)C3CC3)n2)cc1. The number of hydrogen-bond acceptors (Lipinski definition) is 8. The van der Waals surface area contributed by atoms with Crippen molar-refractivity contribution in [2.45, 2.75) is 18.1 Å². The minimum absolute atomic E-state index is 0.309. The lowest BCUT2D eigenvalue weighted by molar-refractivity contribution is 0.416. The standard InChI is InChI=1S/C24H30BrN7O2S/c1-31(2)14-15-32(3)18-10-8-17(9-11-18)27-24-26-16-20(25)23(29-24)28-21-6-4-5-7-22(21)30-35(33,34)19-12-13-19/h4-11,16,19,30H,12-15H2,1-3H3,(H2,26,27,28,29). The quantitative estimate of drug-likeness (QED) is 0.312. The van der Waals surface area contributed by atoms with Gasteiger partial charge in [0.05, 0.1) is 21.1 Å². The molecule has 0 unspecified atom stereocenters. The van der Waals surface area contributed by atoms with Crippen LogP contribution >= 0.6 is 15.9 Å². The van der Waals surface area contributed by atoms with E-state index >= 15 is 0 Å². The number of para-hydroxylation sites is 2. The van der Waals surface area contributed by atoms with E-state index in [1.54, 1.807) is 24.4 Å². The normalized spacial score (nSPS) is 13.5. The molecule has 0 aliphatic heterocycles. The molecular weight excluding hydrogens is 530 g/mol. The first-order chi connectivity index (χ1) is 16.7. The third kappa shape index (κ3) is 6.83. The van der Waals surface area contributed by atoms with E-state index in [1.807, 2.05) is 18.2 Å². The number of halogens is 1. The van der Waals surface area contributed by atoms with Crippen molar-refractivity contribution in [3.05, 3.63) is 59.2 Å². The Morgan fingerprint density at radius 1 is 0.971 bits per heavy atom. The predicted molar refractivity (Wildman–Crippen MR) is 147 cm³/mol. The van der Waals surface area contributed by atoms with Crippen molar-refractivity contribution in [2.75, 3.05) is 54.5 Å². The van der Waals surface area contributed by atoms with Gasteiger partial charge in [-0.2, -0.15) is 4.98 Å². The number of likely N-dealkylation sites (N-methyl/N-ethyl adjacent to an activating group) is 2. The van der Waals surface area contributed by atoms with Crippen molar-refractivity contribution in [3.8, 4) is 0 Å². The van der Waals surface area contributed by atoms with Gasteiger partial charge in [0, 0.05) is 37.7 Å². The van der Waals surface area contributed by atoms with Crippen LogP contribution in [0.15, 0.2) is 59.2 Å². The molecule has 0 bridgehead atoms. The van der Waals surface area contributed by atoms with Crippen molar-refractivity contribution >= 4 is 60.5 Å². The van der Waals surface area contributed by atoms with Gasteiger partial charge in [0.1, 0.15) is 5.82 Å². The Balaban J connectivity index is 1.46. The minimum atomic E-state index is -3.38. The monoisotopic (exact) mass is 559 g/mol. The summed E-state index contributed by atoms with van der Waals surface area (Å²) in [5.74, 6) is 0.932. The van der Waals surface area contributed by atoms with Gasteiger partial charge in [0.15, 0.2) is 0 Å². The van der Waals surface area contributed by atoms with E-state index in [-0.39, 0.29) is 5.25 Å². The molecule has 0 saturated heterocycles.